The maximum atomic E-state index is 9.53. The summed E-state index contributed by atoms with van der Waals surface area (Å²) in [5, 5.41) is 12.9. The first kappa shape index (κ1) is 12.6. The maximum absolute atomic E-state index is 9.53. The molecule has 15 heavy (non-hydrogen) atoms. The van der Waals surface area contributed by atoms with Gasteiger partial charge < -0.3 is 10.4 Å². The summed E-state index contributed by atoms with van der Waals surface area (Å²) < 4.78 is 0. The Kier molecular flexibility index (Phi) is 5.16. The summed E-state index contributed by atoms with van der Waals surface area (Å²) in [5.41, 5.74) is 0. The molecule has 2 nitrogen and oxygen atoms in total. The fraction of sp³-hybridized carbons (Fsp3) is 0.846. The van der Waals surface area contributed by atoms with E-state index in [2.05, 4.69) is 25.7 Å². The Bertz CT molecular complexity index is 195. The van der Waals surface area contributed by atoms with Gasteiger partial charge in [0.05, 0.1) is 6.04 Å². The number of nitrogens with one attached hydrogen (secondary N) is 1. The van der Waals surface area contributed by atoms with Crippen molar-refractivity contribution in [2.75, 3.05) is 0 Å². The predicted molar refractivity (Wildman–Crippen MR) is 65.0 cm³/mol. The standard InChI is InChI=1S/C13H25NO/c1-10(2)14-13(11(3)15)9-12-7-5-4-6-8-12/h10,12-15H,3-9H2,1-2H3. The first-order valence-electron chi connectivity index (χ1n) is 6.23. The van der Waals surface area contributed by atoms with Gasteiger partial charge in [-0.05, 0) is 12.3 Å². The fourth-order valence-corrected chi connectivity index (χ4v) is 2.46. The third-order valence-corrected chi connectivity index (χ3v) is 3.23. The molecule has 2 heteroatoms. The number of hydrogen-bond acceptors (Lipinski definition) is 2. The van der Waals surface area contributed by atoms with Gasteiger partial charge in [0.2, 0.25) is 0 Å². The van der Waals surface area contributed by atoms with Gasteiger partial charge in [-0.1, -0.05) is 52.5 Å². The van der Waals surface area contributed by atoms with Gasteiger partial charge in [0.1, 0.15) is 5.76 Å². The molecule has 0 spiro atoms. The zero-order chi connectivity index (χ0) is 11.3. The largest absolute Gasteiger partial charge is 0.511 e. The molecule has 88 valence electrons. The van der Waals surface area contributed by atoms with E-state index in [4.69, 9.17) is 0 Å². The Balaban J connectivity index is 2.38. The van der Waals surface area contributed by atoms with Crippen molar-refractivity contribution in [3.63, 3.8) is 0 Å². The molecule has 0 amide bonds. The van der Waals surface area contributed by atoms with Crippen LogP contribution in [0.1, 0.15) is 52.4 Å². The summed E-state index contributed by atoms with van der Waals surface area (Å²) >= 11 is 0. The highest BCUT2D eigenvalue weighted by atomic mass is 16.3. The van der Waals surface area contributed by atoms with E-state index in [1.54, 1.807) is 0 Å². The van der Waals surface area contributed by atoms with Crippen LogP contribution in [0.25, 0.3) is 0 Å². The minimum absolute atomic E-state index is 0.0908. The highest BCUT2D eigenvalue weighted by Crippen LogP contribution is 2.28. The molecular formula is C13H25NO. The molecule has 2 N–H and O–H groups in total. The third-order valence-electron chi connectivity index (χ3n) is 3.23. The molecule has 0 heterocycles. The van der Waals surface area contributed by atoms with Crippen molar-refractivity contribution >= 4 is 0 Å². The van der Waals surface area contributed by atoms with Crippen LogP contribution < -0.4 is 5.32 Å². The molecule has 0 saturated heterocycles. The maximum Gasteiger partial charge on any atom is 0.102 e. The topological polar surface area (TPSA) is 32.3 Å². The number of aliphatic hydroxyl groups excluding tert-OH is 1. The van der Waals surface area contributed by atoms with Gasteiger partial charge in [0, 0.05) is 6.04 Å². The van der Waals surface area contributed by atoms with Gasteiger partial charge in [0.25, 0.3) is 0 Å². The Morgan fingerprint density at radius 1 is 1.33 bits per heavy atom. The van der Waals surface area contributed by atoms with E-state index in [1.807, 2.05) is 0 Å². The lowest BCUT2D eigenvalue weighted by Gasteiger charge is -2.27. The van der Waals surface area contributed by atoms with E-state index in [0.717, 1.165) is 12.3 Å². The highest BCUT2D eigenvalue weighted by Gasteiger charge is 2.20. The molecule has 1 rings (SSSR count). The van der Waals surface area contributed by atoms with Crippen molar-refractivity contribution in [2.45, 2.75) is 64.5 Å². The van der Waals surface area contributed by atoms with Crippen LogP contribution in [-0.4, -0.2) is 17.2 Å². The smallest absolute Gasteiger partial charge is 0.102 e. The van der Waals surface area contributed by atoms with Crippen molar-refractivity contribution in [3.8, 4) is 0 Å². The second-order valence-electron chi connectivity index (χ2n) is 5.11. The summed E-state index contributed by atoms with van der Waals surface area (Å²) in [7, 11) is 0. The van der Waals surface area contributed by atoms with Crippen LogP contribution in [0.2, 0.25) is 0 Å². The molecule has 1 aliphatic carbocycles. The quantitative estimate of drug-likeness (QED) is 0.683. The van der Waals surface area contributed by atoms with Crippen molar-refractivity contribution in [2.24, 2.45) is 5.92 Å². The van der Waals surface area contributed by atoms with E-state index in [1.165, 1.54) is 32.1 Å². The average Bonchev–Trinajstić information content (AvgIpc) is 2.17. The number of rotatable bonds is 5. The highest BCUT2D eigenvalue weighted by molar-refractivity contribution is 4.96. The van der Waals surface area contributed by atoms with Crippen molar-refractivity contribution in [3.05, 3.63) is 12.3 Å². The van der Waals surface area contributed by atoms with Crippen LogP contribution in [0.4, 0.5) is 0 Å². The normalized spacial score (nSPS) is 20.5. The molecule has 0 aromatic carbocycles. The lowest BCUT2D eigenvalue weighted by molar-refractivity contribution is 0.260. The second kappa shape index (κ2) is 6.16. The first-order chi connectivity index (χ1) is 7.09. The van der Waals surface area contributed by atoms with Gasteiger partial charge in [-0.25, -0.2) is 0 Å². The minimum Gasteiger partial charge on any atom is -0.511 e. The minimum atomic E-state index is 0.0908. The summed E-state index contributed by atoms with van der Waals surface area (Å²) in [6, 6.07) is 0.496. The van der Waals surface area contributed by atoms with E-state index < -0.39 is 0 Å². The lowest BCUT2D eigenvalue weighted by Crippen LogP contribution is -2.37. The van der Waals surface area contributed by atoms with Gasteiger partial charge in [-0.2, -0.15) is 0 Å². The molecular weight excluding hydrogens is 186 g/mol. The summed E-state index contributed by atoms with van der Waals surface area (Å²) in [6.45, 7) is 7.88. The molecule has 1 aliphatic rings. The Hall–Kier alpha value is -0.500. The molecule has 1 saturated carbocycles. The van der Waals surface area contributed by atoms with Gasteiger partial charge in [-0.3, -0.25) is 0 Å². The molecule has 0 aromatic heterocycles. The molecule has 1 fully saturated rings. The van der Waals surface area contributed by atoms with Crippen molar-refractivity contribution in [1.82, 2.24) is 5.32 Å². The van der Waals surface area contributed by atoms with Crippen molar-refractivity contribution < 1.29 is 5.11 Å². The van der Waals surface area contributed by atoms with Gasteiger partial charge in [-0.15, -0.1) is 0 Å². The Morgan fingerprint density at radius 3 is 2.40 bits per heavy atom. The number of hydrogen-bond donors (Lipinski definition) is 2. The summed E-state index contributed by atoms with van der Waals surface area (Å²) in [4.78, 5) is 0. The van der Waals surface area contributed by atoms with Crippen LogP contribution in [0.15, 0.2) is 12.3 Å². The lowest BCUT2D eigenvalue weighted by atomic mass is 9.84. The molecule has 0 bridgehead atoms. The van der Waals surface area contributed by atoms with Gasteiger partial charge in [0.15, 0.2) is 0 Å². The van der Waals surface area contributed by atoms with Crippen LogP contribution in [-0.2, 0) is 0 Å². The second-order valence-corrected chi connectivity index (χ2v) is 5.11. The first-order valence-corrected chi connectivity index (χ1v) is 6.23. The van der Waals surface area contributed by atoms with Crippen LogP contribution >= 0.6 is 0 Å². The molecule has 1 atom stereocenters. The Labute approximate surface area is 93.8 Å². The summed E-state index contributed by atoms with van der Waals surface area (Å²) in [6.07, 6.45) is 7.80. The van der Waals surface area contributed by atoms with Crippen LogP contribution in [0.5, 0.6) is 0 Å². The fourth-order valence-electron chi connectivity index (χ4n) is 2.46. The molecule has 1 unspecified atom stereocenters. The van der Waals surface area contributed by atoms with E-state index >= 15 is 0 Å². The van der Waals surface area contributed by atoms with E-state index in [9.17, 15) is 5.11 Å². The average molecular weight is 211 g/mol. The van der Waals surface area contributed by atoms with Crippen molar-refractivity contribution in [1.29, 1.82) is 0 Å². The molecule has 0 aliphatic heterocycles. The molecule has 0 aromatic rings. The third kappa shape index (κ3) is 4.70. The predicted octanol–water partition coefficient (Wildman–Crippen LogP) is 3.40. The van der Waals surface area contributed by atoms with Crippen LogP contribution in [0.3, 0.4) is 0 Å². The van der Waals surface area contributed by atoms with Crippen LogP contribution in [0, 0.1) is 5.92 Å². The van der Waals surface area contributed by atoms with E-state index in [0.29, 0.717) is 11.8 Å². The van der Waals surface area contributed by atoms with Gasteiger partial charge >= 0.3 is 0 Å². The van der Waals surface area contributed by atoms with E-state index in [-0.39, 0.29) is 6.04 Å². The Morgan fingerprint density at radius 2 is 1.93 bits per heavy atom. The zero-order valence-corrected chi connectivity index (χ0v) is 10.1. The SMILES string of the molecule is C=C(O)C(CC1CCCCC1)NC(C)C. The molecule has 0 radical (unpaired) electrons. The zero-order valence-electron chi connectivity index (χ0n) is 10.1. The summed E-state index contributed by atoms with van der Waals surface area (Å²) in [5.74, 6) is 1.08. The number of aliphatic hydroxyl groups is 1. The monoisotopic (exact) mass is 211 g/mol.